The smallest absolute Gasteiger partial charge is 0.265 e. The van der Waals surface area contributed by atoms with E-state index in [4.69, 9.17) is 9.47 Å². The molecule has 1 heterocycles. The average molecular weight is 396 g/mol. The molecule has 2 amide bonds. The molecule has 144 valence electrons. The fraction of sp³-hybridized carbons (Fsp3) is 0.143. The first-order chi connectivity index (χ1) is 13.5. The Morgan fingerprint density at radius 3 is 2.36 bits per heavy atom. The van der Waals surface area contributed by atoms with Gasteiger partial charge in [-0.05, 0) is 54.3 Å². The van der Waals surface area contributed by atoms with E-state index in [1.54, 1.807) is 36.4 Å². The number of nitrogens with one attached hydrogen (secondary N) is 2. The van der Waals surface area contributed by atoms with Crippen molar-refractivity contribution in [2.24, 2.45) is 0 Å². The van der Waals surface area contributed by atoms with Crippen LogP contribution in [0.5, 0.6) is 11.5 Å². The summed E-state index contributed by atoms with van der Waals surface area (Å²) in [6.45, 7) is 1.88. The number of hydrogen-bond acceptors (Lipinski definition) is 5. The average Bonchev–Trinajstić information content (AvgIpc) is 3.25. The van der Waals surface area contributed by atoms with Gasteiger partial charge in [0, 0.05) is 16.9 Å². The van der Waals surface area contributed by atoms with Crippen LogP contribution >= 0.6 is 11.3 Å². The molecule has 1 aromatic heterocycles. The maximum absolute atomic E-state index is 12.7. The van der Waals surface area contributed by atoms with E-state index in [2.05, 4.69) is 10.6 Å². The lowest BCUT2D eigenvalue weighted by molar-refractivity contribution is 0.102. The molecule has 0 bridgehead atoms. The molecule has 6 nitrogen and oxygen atoms in total. The number of ether oxygens (including phenoxy) is 2. The van der Waals surface area contributed by atoms with Crippen LogP contribution < -0.4 is 20.1 Å². The van der Waals surface area contributed by atoms with Crippen molar-refractivity contribution in [1.29, 1.82) is 0 Å². The molecule has 0 saturated carbocycles. The molecule has 28 heavy (non-hydrogen) atoms. The Morgan fingerprint density at radius 1 is 0.893 bits per heavy atom. The van der Waals surface area contributed by atoms with Gasteiger partial charge >= 0.3 is 0 Å². The number of thiophene rings is 1. The summed E-state index contributed by atoms with van der Waals surface area (Å²) < 4.78 is 10.4. The Morgan fingerprint density at radius 2 is 1.68 bits per heavy atom. The number of benzene rings is 2. The normalized spacial score (nSPS) is 10.2. The van der Waals surface area contributed by atoms with Gasteiger partial charge in [-0.15, -0.1) is 11.3 Å². The van der Waals surface area contributed by atoms with E-state index >= 15 is 0 Å². The fourth-order valence-corrected chi connectivity index (χ4v) is 3.23. The number of methoxy groups -OCH3 is 2. The summed E-state index contributed by atoms with van der Waals surface area (Å²) in [7, 11) is 3.06. The van der Waals surface area contributed by atoms with Crippen LogP contribution in [0.2, 0.25) is 0 Å². The Kier molecular flexibility index (Phi) is 5.96. The number of carbonyl (C=O) groups excluding carboxylic acids is 2. The summed E-state index contributed by atoms with van der Waals surface area (Å²) in [5, 5.41) is 7.57. The van der Waals surface area contributed by atoms with Crippen LogP contribution in [0, 0.1) is 6.92 Å². The maximum atomic E-state index is 12.7. The second-order valence-corrected chi connectivity index (χ2v) is 6.93. The highest BCUT2D eigenvalue weighted by Crippen LogP contribution is 2.28. The van der Waals surface area contributed by atoms with Gasteiger partial charge in [-0.1, -0.05) is 12.1 Å². The lowest BCUT2D eigenvalue weighted by Crippen LogP contribution is -2.14. The summed E-state index contributed by atoms with van der Waals surface area (Å²) in [5.74, 6) is 0.555. The highest BCUT2D eigenvalue weighted by atomic mass is 32.1. The highest BCUT2D eigenvalue weighted by molar-refractivity contribution is 7.12. The molecule has 3 rings (SSSR count). The van der Waals surface area contributed by atoms with Gasteiger partial charge < -0.3 is 20.1 Å². The molecule has 0 unspecified atom stereocenters. The molecule has 0 radical (unpaired) electrons. The zero-order valence-corrected chi connectivity index (χ0v) is 16.6. The number of rotatable bonds is 6. The second-order valence-electron chi connectivity index (χ2n) is 5.99. The van der Waals surface area contributed by atoms with Crippen molar-refractivity contribution in [3.05, 3.63) is 69.9 Å². The topological polar surface area (TPSA) is 76.7 Å². The first kappa shape index (κ1) is 19.4. The molecule has 0 aliphatic heterocycles. The van der Waals surface area contributed by atoms with Crippen LogP contribution in [0.4, 0.5) is 11.4 Å². The van der Waals surface area contributed by atoms with Crippen molar-refractivity contribution in [2.75, 3.05) is 24.9 Å². The van der Waals surface area contributed by atoms with Crippen LogP contribution in [0.1, 0.15) is 25.6 Å². The molecular weight excluding hydrogens is 376 g/mol. The van der Waals surface area contributed by atoms with Crippen molar-refractivity contribution in [3.8, 4) is 11.5 Å². The SMILES string of the molecule is COc1ccc(C(=O)Nc2cc(NC(=O)c3cccs3)ccc2C)cc1OC. The van der Waals surface area contributed by atoms with Crippen LogP contribution in [-0.2, 0) is 0 Å². The van der Waals surface area contributed by atoms with Crippen molar-refractivity contribution < 1.29 is 19.1 Å². The first-order valence-electron chi connectivity index (χ1n) is 8.50. The number of anilines is 2. The Hall–Kier alpha value is -3.32. The van der Waals surface area contributed by atoms with Crippen LogP contribution in [-0.4, -0.2) is 26.0 Å². The van der Waals surface area contributed by atoms with Crippen LogP contribution in [0.3, 0.4) is 0 Å². The zero-order chi connectivity index (χ0) is 20.1. The third kappa shape index (κ3) is 4.32. The van der Waals surface area contributed by atoms with Crippen molar-refractivity contribution in [3.63, 3.8) is 0 Å². The lowest BCUT2D eigenvalue weighted by Gasteiger charge is -2.13. The first-order valence-corrected chi connectivity index (χ1v) is 9.38. The second kappa shape index (κ2) is 8.58. The molecule has 3 aromatic rings. The monoisotopic (exact) mass is 396 g/mol. The summed E-state index contributed by atoms with van der Waals surface area (Å²) in [4.78, 5) is 25.5. The summed E-state index contributed by atoms with van der Waals surface area (Å²) in [5.41, 5.74) is 2.53. The molecule has 0 aliphatic rings. The summed E-state index contributed by atoms with van der Waals surface area (Å²) >= 11 is 1.37. The molecule has 7 heteroatoms. The summed E-state index contributed by atoms with van der Waals surface area (Å²) in [6.07, 6.45) is 0. The quantitative estimate of drug-likeness (QED) is 0.639. The molecule has 0 aliphatic carbocycles. The van der Waals surface area contributed by atoms with Gasteiger partial charge in [0.15, 0.2) is 11.5 Å². The van der Waals surface area contributed by atoms with Crippen LogP contribution in [0.25, 0.3) is 0 Å². The van der Waals surface area contributed by atoms with Crippen molar-refractivity contribution >= 4 is 34.5 Å². The molecular formula is C21H20N2O4S. The Bertz CT molecular complexity index is 1000. The number of hydrogen-bond donors (Lipinski definition) is 2. The molecule has 0 saturated heterocycles. The summed E-state index contributed by atoms with van der Waals surface area (Å²) in [6, 6.07) is 13.9. The molecule has 0 atom stereocenters. The van der Waals surface area contributed by atoms with Crippen LogP contribution in [0.15, 0.2) is 53.9 Å². The lowest BCUT2D eigenvalue weighted by atomic mass is 10.1. The van der Waals surface area contributed by atoms with E-state index in [1.807, 2.05) is 24.4 Å². The van der Waals surface area contributed by atoms with Gasteiger partial charge in [0.05, 0.1) is 19.1 Å². The van der Waals surface area contributed by atoms with E-state index in [0.29, 0.717) is 33.3 Å². The minimum Gasteiger partial charge on any atom is -0.493 e. The third-order valence-electron chi connectivity index (χ3n) is 4.13. The maximum Gasteiger partial charge on any atom is 0.265 e. The Labute approximate surface area is 167 Å². The predicted octanol–water partition coefficient (Wildman–Crippen LogP) is 4.58. The van der Waals surface area contributed by atoms with Gasteiger partial charge in [-0.3, -0.25) is 9.59 Å². The minimum absolute atomic E-state index is 0.184. The number of amides is 2. The van der Waals surface area contributed by atoms with Gasteiger partial charge in [0.2, 0.25) is 0 Å². The minimum atomic E-state index is -0.286. The third-order valence-corrected chi connectivity index (χ3v) is 5.00. The highest BCUT2D eigenvalue weighted by Gasteiger charge is 2.13. The molecule has 2 N–H and O–H groups in total. The van der Waals surface area contributed by atoms with Gasteiger partial charge in [0.1, 0.15) is 0 Å². The molecule has 0 fully saturated rings. The fourth-order valence-electron chi connectivity index (χ4n) is 2.61. The van der Waals surface area contributed by atoms with Crippen molar-refractivity contribution in [1.82, 2.24) is 0 Å². The molecule has 2 aromatic carbocycles. The van der Waals surface area contributed by atoms with Crippen molar-refractivity contribution in [2.45, 2.75) is 6.92 Å². The van der Waals surface area contributed by atoms with Gasteiger partial charge in [-0.2, -0.15) is 0 Å². The number of carbonyl (C=O) groups is 2. The zero-order valence-electron chi connectivity index (χ0n) is 15.7. The standard InChI is InChI=1S/C21H20N2O4S/c1-13-6-8-15(22-21(25)19-5-4-10-28-19)12-16(13)23-20(24)14-7-9-17(26-2)18(11-14)27-3/h4-12H,1-3H3,(H,22,25)(H,23,24). The van der Waals surface area contributed by atoms with Gasteiger partial charge in [-0.25, -0.2) is 0 Å². The largest absolute Gasteiger partial charge is 0.493 e. The van der Waals surface area contributed by atoms with Gasteiger partial charge in [0.25, 0.3) is 11.8 Å². The Balaban J connectivity index is 1.78. The van der Waals surface area contributed by atoms with E-state index in [1.165, 1.54) is 25.6 Å². The predicted molar refractivity (Wildman–Crippen MR) is 111 cm³/mol. The van der Waals surface area contributed by atoms with E-state index < -0.39 is 0 Å². The molecule has 0 spiro atoms. The van der Waals surface area contributed by atoms with E-state index in [9.17, 15) is 9.59 Å². The van der Waals surface area contributed by atoms with E-state index in [-0.39, 0.29) is 11.8 Å². The van der Waals surface area contributed by atoms with E-state index in [0.717, 1.165) is 5.56 Å². The number of aryl methyl sites for hydroxylation is 1.